The molecule has 0 aromatic rings. The highest BCUT2D eigenvalue weighted by molar-refractivity contribution is 6.74. The third-order valence-corrected chi connectivity index (χ3v) is 15.5. The summed E-state index contributed by atoms with van der Waals surface area (Å²) in [6, 6.07) is 0. The Kier molecular flexibility index (Phi) is 16.9. The zero-order valence-electron chi connectivity index (χ0n) is 33.1. The third kappa shape index (κ3) is 12.3. The van der Waals surface area contributed by atoms with E-state index in [0.29, 0.717) is 19.3 Å². The molecule has 0 amide bonds. The molecule has 1 N–H and O–H groups in total. The van der Waals surface area contributed by atoms with E-state index in [2.05, 4.69) is 72.6 Å². The summed E-state index contributed by atoms with van der Waals surface area (Å²) in [5, 5.41) is 11.3. The van der Waals surface area contributed by atoms with E-state index >= 15 is 0 Å². The number of hydrogen-bond donors (Lipinski definition) is 1. The molecule has 0 aromatic carbocycles. The second-order valence-corrected chi connectivity index (χ2v) is 20.7. The number of allylic oxidation sites excluding steroid dienone is 4. The molecule has 1 saturated heterocycles. The van der Waals surface area contributed by atoms with Gasteiger partial charge in [-0.2, -0.15) is 0 Å². The van der Waals surface area contributed by atoms with E-state index in [1.165, 1.54) is 0 Å². The van der Waals surface area contributed by atoms with E-state index in [9.17, 15) is 14.7 Å². The lowest BCUT2D eigenvalue weighted by molar-refractivity contribution is -0.182. The van der Waals surface area contributed by atoms with Crippen LogP contribution in [0.3, 0.4) is 0 Å². The molecule has 0 bridgehead atoms. The van der Waals surface area contributed by atoms with E-state index in [0.717, 1.165) is 11.1 Å². The number of carbonyl (C=O) groups is 2. The summed E-state index contributed by atoms with van der Waals surface area (Å²) in [7, 11) is -0.564. The number of ether oxygens (including phenoxy) is 4. The highest BCUT2D eigenvalue weighted by Gasteiger charge is 2.45. The molecule has 8 nitrogen and oxygen atoms in total. The van der Waals surface area contributed by atoms with Gasteiger partial charge in [-0.25, -0.2) is 0 Å². The zero-order chi connectivity index (χ0) is 37.9. The highest BCUT2D eigenvalue weighted by atomic mass is 28.4. The van der Waals surface area contributed by atoms with Gasteiger partial charge in [0.15, 0.2) is 8.32 Å². The number of aliphatic hydroxyl groups is 1. The van der Waals surface area contributed by atoms with Crippen LogP contribution in [0.1, 0.15) is 101 Å². The topological polar surface area (TPSA) is 101 Å². The van der Waals surface area contributed by atoms with Crippen molar-refractivity contribution in [2.75, 3.05) is 13.9 Å². The first kappa shape index (κ1) is 43.7. The maximum atomic E-state index is 13.2. The Morgan fingerprint density at radius 2 is 1.82 bits per heavy atom. The average Bonchev–Trinajstić information content (AvgIpc) is 3.03. The molecule has 2 heterocycles. The van der Waals surface area contributed by atoms with E-state index < -0.39 is 20.0 Å². The van der Waals surface area contributed by atoms with Crippen LogP contribution in [-0.4, -0.2) is 69.3 Å². The van der Waals surface area contributed by atoms with Gasteiger partial charge >= 0.3 is 11.9 Å². The van der Waals surface area contributed by atoms with Crippen molar-refractivity contribution in [3.8, 4) is 11.8 Å². The fourth-order valence-corrected chi connectivity index (χ4v) is 7.56. The van der Waals surface area contributed by atoms with Crippen LogP contribution in [0.2, 0.25) is 18.1 Å². The molecule has 2 aliphatic heterocycles. The van der Waals surface area contributed by atoms with Gasteiger partial charge in [0.25, 0.3) is 0 Å². The van der Waals surface area contributed by atoms with Crippen LogP contribution >= 0.6 is 0 Å². The first-order chi connectivity index (χ1) is 23.3. The lowest BCUT2D eigenvalue weighted by Crippen LogP contribution is -2.50. The van der Waals surface area contributed by atoms with Crippen LogP contribution in [-0.2, 0) is 33.0 Å². The molecule has 1 fully saturated rings. The van der Waals surface area contributed by atoms with Gasteiger partial charge < -0.3 is 28.5 Å². The SMILES string of the molecule is CC[C@@H]1OC(=O)C[C@@](O)(C/C=C/C=C(\C)[C@H]2OC(=O)CC/C=C(\C)[C@@H](C)[C@H](OCOC)[C@H](C)[C@@H](O[Si](C)(C)C(C)(C)C)C#C/C=C\[C@@H]2C)[C@H]1C. The van der Waals surface area contributed by atoms with Crippen molar-refractivity contribution in [2.24, 2.45) is 23.7 Å². The van der Waals surface area contributed by atoms with Gasteiger partial charge in [0.05, 0.1) is 18.1 Å². The molecule has 0 aromatic heterocycles. The first-order valence-electron chi connectivity index (χ1n) is 18.3. The van der Waals surface area contributed by atoms with Crippen LogP contribution < -0.4 is 0 Å². The molecular weight excluding hydrogens is 649 g/mol. The van der Waals surface area contributed by atoms with Gasteiger partial charge in [-0.3, -0.25) is 9.59 Å². The smallest absolute Gasteiger partial charge is 0.309 e. The average molecular weight is 715 g/mol. The van der Waals surface area contributed by atoms with E-state index in [1.54, 1.807) is 7.11 Å². The summed E-state index contributed by atoms with van der Waals surface area (Å²) in [5.41, 5.74) is 0.817. The van der Waals surface area contributed by atoms with E-state index in [-0.39, 0.29) is 78.6 Å². The third-order valence-electron chi connectivity index (χ3n) is 11.0. The van der Waals surface area contributed by atoms with Crippen molar-refractivity contribution in [3.05, 3.63) is 47.6 Å². The molecular formula is C41H66O8Si. The molecule has 0 unspecified atom stereocenters. The number of cyclic esters (lactones) is 2. The number of hydrogen-bond acceptors (Lipinski definition) is 8. The Labute approximate surface area is 304 Å². The van der Waals surface area contributed by atoms with Gasteiger partial charge in [0, 0.05) is 37.2 Å². The highest BCUT2D eigenvalue weighted by Crippen LogP contribution is 2.39. The molecule has 282 valence electrons. The van der Waals surface area contributed by atoms with Gasteiger partial charge in [-0.15, -0.1) is 0 Å². The number of carbonyl (C=O) groups excluding carboxylic acids is 2. The zero-order valence-corrected chi connectivity index (χ0v) is 34.1. The van der Waals surface area contributed by atoms with Crippen LogP contribution in [0, 0.1) is 35.5 Å². The number of methoxy groups -OCH3 is 1. The van der Waals surface area contributed by atoms with Crippen molar-refractivity contribution in [1.29, 1.82) is 0 Å². The molecule has 9 heteroatoms. The van der Waals surface area contributed by atoms with Crippen molar-refractivity contribution < 1.29 is 38.1 Å². The Morgan fingerprint density at radius 1 is 1.14 bits per heavy atom. The van der Waals surface area contributed by atoms with Crippen molar-refractivity contribution >= 4 is 20.3 Å². The van der Waals surface area contributed by atoms with E-state index in [4.69, 9.17) is 23.4 Å². The summed E-state index contributed by atoms with van der Waals surface area (Å²) in [6.07, 6.45) is 11.9. The van der Waals surface area contributed by atoms with Crippen LogP contribution in [0.5, 0.6) is 0 Å². The minimum atomic E-state index is -2.19. The molecule has 2 aliphatic rings. The second-order valence-electron chi connectivity index (χ2n) is 15.9. The summed E-state index contributed by atoms with van der Waals surface area (Å²) in [4.78, 5) is 25.3. The van der Waals surface area contributed by atoms with Crippen molar-refractivity contribution in [1.82, 2.24) is 0 Å². The van der Waals surface area contributed by atoms with Gasteiger partial charge in [-0.1, -0.05) is 103 Å². The summed E-state index contributed by atoms with van der Waals surface area (Å²) >= 11 is 0. The monoisotopic (exact) mass is 714 g/mol. The Balaban J connectivity index is 2.45. The molecule has 0 radical (unpaired) electrons. The standard InChI is InChI=1S/C41H66O8Si/c1-14-34-33(7)41(44,26-37(43)47-34)25-18-17-21-30(4)38-29(3)20-15-16-23-35(49-50(12,13)40(8,9)10)32(6)39(46-27-45-11)31(5)28(2)22-19-24-36(42)48-38/h15,17-18,20-22,29,31-35,38-39,44H,14,19,24-27H2,1-13H3/b18-17+,20-15-,28-22+,30-21+/t29-,31+,32+,33-,34-,35-,38-,39-,41-/m0/s1. The Morgan fingerprint density at radius 3 is 2.44 bits per heavy atom. The van der Waals surface area contributed by atoms with Crippen molar-refractivity contribution in [2.45, 2.75) is 149 Å². The predicted molar refractivity (Wildman–Crippen MR) is 203 cm³/mol. The normalized spacial score (nSPS) is 34.3. The van der Waals surface area contributed by atoms with Gasteiger partial charge in [0.1, 0.15) is 25.1 Å². The largest absolute Gasteiger partial charge is 0.462 e. The van der Waals surface area contributed by atoms with E-state index in [1.807, 2.05) is 58.1 Å². The van der Waals surface area contributed by atoms with Gasteiger partial charge in [-0.05, 0) is 62.9 Å². The first-order valence-corrected chi connectivity index (χ1v) is 21.3. The predicted octanol–water partition coefficient (Wildman–Crippen LogP) is 8.47. The molecule has 9 atom stereocenters. The lowest BCUT2D eigenvalue weighted by atomic mass is 9.77. The lowest BCUT2D eigenvalue weighted by Gasteiger charge is -2.41. The minimum absolute atomic E-state index is 0.00388. The van der Waals surface area contributed by atoms with Crippen molar-refractivity contribution in [3.63, 3.8) is 0 Å². The van der Waals surface area contributed by atoms with Crippen LogP contribution in [0.25, 0.3) is 0 Å². The molecule has 0 saturated carbocycles. The number of esters is 2. The Hall–Kier alpha value is -2.48. The molecule has 0 spiro atoms. The summed E-state index contributed by atoms with van der Waals surface area (Å²) < 4.78 is 30.1. The maximum Gasteiger partial charge on any atom is 0.309 e. The molecule has 50 heavy (non-hydrogen) atoms. The molecule has 0 aliphatic carbocycles. The minimum Gasteiger partial charge on any atom is -0.462 e. The maximum absolute atomic E-state index is 13.2. The van der Waals surface area contributed by atoms with Crippen LogP contribution in [0.4, 0.5) is 0 Å². The van der Waals surface area contributed by atoms with Gasteiger partial charge in [0.2, 0.25) is 0 Å². The second kappa shape index (κ2) is 19.4. The Bertz CT molecular complexity index is 1310. The number of rotatable bonds is 10. The molecule has 2 rings (SSSR count). The fourth-order valence-electron chi connectivity index (χ4n) is 6.29. The quantitative estimate of drug-likeness (QED) is 0.0601. The summed E-state index contributed by atoms with van der Waals surface area (Å²) in [5.74, 6) is 5.66. The summed E-state index contributed by atoms with van der Waals surface area (Å²) in [6.45, 7) is 25.5. The fraction of sp³-hybridized carbons (Fsp3) is 0.707. The van der Waals surface area contributed by atoms with Crippen LogP contribution in [0.15, 0.2) is 47.6 Å².